The van der Waals surface area contributed by atoms with Crippen molar-refractivity contribution in [3.63, 3.8) is 0 Å². The lowest BCUT2D eigenvalue weighted by Crippen LogP contribution is -2.23. The second-order valence-corrected chi connectivity index (χ2v) is 8.41. The monoisotopic (exact) mass is 424 g/mol. The molecule has 0 aromatic heterocycles. The molecule has 6 nitrogen and oxygen atoms in total. The molecular formula is C23H24N2O4S. The first-order valence-electron chi connectivity index (χ1n) is 9.57. The van der Waals surface area contributed by atoms with Crippen LogP contribution in [-0.4, -0.2) is 20.9 Å². The van der Waals surface area contributed by atoms with Crippen LogP contribution in [0, 0.1) is 6.92 Å². The third-order valence-electron chi connectivity index (χ3n) is 4.42. The molecule has 156 valence electrons. The maximum atomic E-state index is 12.6. The van der Waals surface area contributed by atoms with E-state index in [1.165, 1.54) is 6.07 Å². The van der Waals surface area contributed by atoms with Crippen molar-refractivity contribution in [1.29, 1.82) is 0 Å². The van der Waals surface area contributed by atoms with Crippen molar-refractivity contribution in [2.75, 3.05) is 11.3 Å². The summed E-state index contributed by atoms with van der Waals surface area (Å²) in [5.41, 5.74) is 2.51. The van der Waals surface area contributed by atoms with Crippen molar-refractivity contribution in [3.05, 3.63) is 89.5 Å². The zero-order valence-corrected chi connectivity index (χ0v) is 17.7. The van der Waals surface area contributed by atoms with Crippen LogP contribution in [0.5, 0.6) is 5.75 Å². The normalized spacial score (nSPS) is 11.0. The molecule has 0 spiro atoms. The Bertz CT molecular complexity index is 1130. The lowest BCUT2D eigenvalue weighted by molar-refractivity contribution is 0.0950. The molecule has 2 N–H and O–H groups in total. The maximum absolute atomic E-state index is 12.6. The number of carbonyl (C=O) groups excluding carboxylic acids is 1. The predicted molar refractivity (Wildman–Crippen MR) is 117 cm³/mol. The van der Waals surface area contributed by atoms with Crippen LogP contribution in [0.4, 0.5) is 5.69 Å². The van der Waals surface area contributed by atoms with Gasteiger partial charge in [-0.1, -0.05) is 42.0 Å². The fraction of sp³-hybridized carbons (Fsp3) is 0.174. The largest absolute Gasteiger partial charge is 0.494 e. The van der Waals surface area contributed by atoms with E-state index in [4.69, 9.17) is 4.74 Å². The number of carbonyl (C=O) groups is 1. The van der Waals surface area contributed by atoms with Crippen LogP contribution in [0.25, 0.3) is 0 Å². The van der Waals surface area contributed by atoms with Gasteiger partial charge in [-0.15, -0.1) is 0 Å². The molecule has 0 aliphatic heterocycles. The Morgan fingerprint density at radius 3 is 2.43 bits per heavy atom. The van der Waals surface area contributed by atoms with Crippen LogP contribution >= 0.6 is 0 Å². The van der Waals surface area contributed by atoms with Gasteiger partial charge in [0.2, 0.25) is 0 Å². The summed E-state index contributed by atoms with van der Waals surface area (Å²) in [4.78, 5) is 12.7. The minimum Gasteiger partial charge on any atom is -0.494 e. The van der Waals surface area contributed by atoms with Crippen LogP contribution in [0.2, 0.25) is 0 Å². The quantitative estimate of drug-likeness (QED) is 0.570. The van der Waals surface area contributed by atoms with Crippen LogP contribution in [0.1, 0.15) is 28.4 Å². The average molecular weight is 425 g/mol. The van der Waals surface area contributed by atoms with Gasteiger partial charge in [0.1, 0.15) is 5.75 Å². The number of rotatable bonds is 8. The number of nitrogens with one attached hydrogen (secondary N) is 2. The molecular weight excluding hydrogens is 400 g/mol. The molecule has 0 heterocycles. The first-order chi connectivity index (χ1) is 14.4. The van der Waals surface area contributed by atoms with Gasteiger partial charge in [0.05, 0.1) is 11.5 Å². The molecule has 0 unspecified atom stereocenters. The molecule has 3 rings (SSSR count). The summed E-state index contributed by atoms with van der Waals surface area (Å²) in [6.07, 6.45) is 0. The zero-order valence-electron chi connectivity index (χ0n) is 16.9. The molecule has 0 saturated heterocycles. The SMILES string of the molecule is CCOc1ccccc1CNC(=O)c1cccc(NS(=O)(=O)c2ccc(C)cc2)c1. The molecule has 3 aromatic carbocycles. The molecule has 0 saturated carbocycles. The van der Waals surface area contributed by atoms with E-state index in [-0.39, 0.29) is 10.8 Å². The Kier molecular flexibility index (Phi) is 6.74. The first kappa shape index (κ1) is 21.4. The number of sulfonamides is 1. The summed E-state index contributed by atoms with van der Waals surface area (Å²) >= 11 is 0. The summed E-state index contributed by atoms with van der Waals surface area (Å²) in [6, 6.07) is 20.4. The third kappa shape index (κ3) is 5.39. The molecule has 0 fully saturated rings. The molecule has 30 heavy (non-hydrogen) atoms. The van der Waals surface area contributed by atoms with E-state index in [2.05, 4.69) is 10.0 Å². The fourth-order valence-electron chi connectivity index (χ4n) is 2.88. The number of hydrogen-bond donors (Lipinski definition) is 2. The minimum atomic E-state index is -3.74. The summed E-state index contributed by atoms with van der Waals surface area (Å²) < 4.78 is 33.2. The second kappa shape index (κ2) is 9.45. The highest BCUT2D eigenvalue weighted by Crippen LogP contribution is 2.19. The number of hydrogen-bond acceptors (Lipinski definition) is 4. The minimum absolute atomic E-state index is 0.162. The Balaban J connectivity index is 1.70. The van der Waals surface area contributed by atoms with E-state index in [1.807, 2.05) is 38.1 Å². The van der Waals surface area contributed by atoms with Gasteiger partial charge in [0.15, 0.2) is 0 Å². The molecule has 0 bridgehead atoms. The Morgan fingerprint density at radius 1 is 0.967 bits per heavy atom. The Labute approximate surface area is 177 Å². The van der Waals surface area contributed by atoms with Crippen LogP contribution in [0.15, 0.2) is 77.7 Å². The van der Waals surface area contributed by atoms with E-state index in [0.717, 1.165) is 16.9 Å². The molecule has 3 aromatic rings. The van der Waals surface area contributed by atoms with Crippen molar-refractivity contribution in [1.82, 2.24) is 5.32 Å². The average Bonchev–Trinajstić information content (AvgIpc) is 2.73. The molecule has 7 heteroatoms. The number of aryl methyl sites for hydroxylation is 1. The van der Waals surface area contributed by atoms with E-state index < -0.39 is 10.0 Å². The molecule has 0 radical (unpaired) electrons. The lowest BCUT2D eigenvalue weighted by atomic mass is 10.1. The van der Waals surface area contributed by atoms with Crippen molar-refractivity contribution in [2.45, 2.75) is 25.3 Å². The first-order valence-corrected chi connectivity index (χ1v) is 11.1. The van der Waals surface area contributed by atoms with Gasteiger partial charge in [0, 0.05) is 23.4 Å². The number of ether oxygens (including phenoxy) is 1. The number of para-hydroxylation sites is 1. The topological polar surface area (TPSA) is 84.5 Å². The number of benzene rings is 3. The van der Waals surface area contributed by atoms with Gasteiger partial charge in [-0.05, 0) is 50.2 Å². The van der Waals surface area contributed by atoms with Crippen molar-refractivity contribution in [3.8, 4) is 5.75 Å². The van der Waals surface area contributed by atoms with E-state index in [9.17, 15) is 13.2 Å². The highest BCUT2D eigenvalue weighted by atomic mass is 32.2. The second-order valence-electron chi connectivity index (χ2n) is 6.72. The van der Waals surface area contributed by atoms with Gasteiger partial charge in [0.25, 0.3) is 15.9 Å². The van der Waals surface area contributed by atoms with Crippen LogP contribution in [0.3, 0.4) is 0 Å². The smallest absolute Gasteiger partial charge is 0.261 e. The van der Waals surface area contributed by atoms with Gasteiger partial charge in [-0.25, -0.2) is 8.42 Å². The zero-order chi connectivity index (χ0) is 21.6. The number of amides is 1. The van der Waals surface area contributed by atoms with E-state index in [0.29, 0.717) is 24.4 Å². The number of anilines is 1. The molecule has 1 amide bonds. The maximum Gasteiger partial charge on any atom is 0.261 e. The Hall–Kier alpha value is -3.32. The standard InChI is InChI=1S/C23H24N2O4S/c1-3-29-22-10-5-4-7-19(22)16-24-23(26)18-8-6-9-20(15-18)25-30(27,28)21-13-11-17(2)12-14-21/h4-15,25H,3,16H2,1-2H3,(H,24,26). The van der Waals surface area contributed by atoms with Crippen molar-refractivity contribution >= 4 is 21.6 Å². The highest BCUT2D eigenvalue weighted by Gasteiger charge is 2.15. The van der Waals surface area contributed by atoms with Gasteiger partial charge in [-0.2, -0.15) is 0 Å². The summed E-state index contributed by atoms with van der Waals surface area (Å²) in [5, 5.41) is 2.85. The highest BCUT2D eigenvalue weighted by molar-refractivity contribution is 7.92. The summed E-state index contributed by atoms with van der Waals surface area (Å²) in [5.74, 6) is 0.414. The van der Waals surface area contributed by atoms with Crippen LogP contribution in [-0.2, 0) is 16.6 Å². The predicted octanol–water partition coefficient (Wildman–Crippen LogP) is 4.12. The summed E-state index contributed by atoms with van der Waals surface area (Å²) in [6.45, 7) is 4.62. The molecule has 0 aliphatic carbocycles. The summed E-state index contributed by atoms with van der Waals surface area (Å²) in [7, 11) is -3.74. The lowest BCUT2D eigenvalue weighted by Gasteiger charge is -2.12. The van der Waals surface area contributed by atoms with Crippen molar-refractivity contribution < 1.29 is 17.9 Å². The fourth-order valence-corrected chi connectivity index (χ4v) is 3.93. The third-order valence-corrected chi connectivity index (χ3v) is 5.82. The van der Waals surface area contributed by atoms with Gasteiger partial charge < -0.3 is 10.1 Å². The van der Waals surface area contributed by atoms with Gasteiger partial charge in [-0.3, -0.25) is 9.52 Å². The molecule has 0 aliphatic rings. The Morgan fingerprint density at radius 2 is 1.70 bits per heavy atom. The van der Waals surface area contributed by atoms with E-state index >= 15 is 0 Å². The van der Waals surface area contributed by atoms with Gasteiger partial charge >= 0.3 is 0 Å². The van der Waals surface area contributed by atoms with E-state index in [1.54, 1.807) is 42.5 Å². The molecule has 0 atom stereocenters. The van der Waals surface area contributed by atoms with Crippen LogP contribution < -0.4 is 14.8 Å². The van der Waals surface area contributed by atoms with Crippen molar-refractivity contribution in [2.24, 2.45) is 0 Å².